The Morgan fingerprint density at radius 1 is 1.14 bits per heavy atom. The molecule has 2 aromatic rings. The number of nitrogens with zero attached hydrogens (tertiary/aromatic N) is 1. The van der Waals surface area contributed by atoms with Gasteiger partial charge in [-0.1, -0.05) is 24.3 Å². The largest absolute Gasteiger partial charge is 0.341 e. The van der Waals surface area contributed by atoms with Gasteiger partial charge in [-0.05, 0) is 48.1 Å². The minimum Gasteiger partial charge on any atom is -0.341 e. The van der Waals surface area contributed by atoms with Gasteiger partial charge >= 0.3 is 0 Å². The van der Waals surface area contributed by atoms with Crippen LogP contribution in [0.4, 0.5) is 8.78 Å². The fraction of sp³-hybridized carbons (Fsp3) is 0.381. The van der Waals surface area contributed by atoms with Gasteiger partial charge in [0, 0.05) is 30.6 Å². The highest BCUT2D eigenvalue weighted by atomic mass is 32.2. The SMILES string of the molecule is CS(=O)(=O)N[C@@H]1CCN(C(=O)[C@@H]2C[C@H]2c2ccccc2-c2cc(F)ccc2F)C1. The number of nitrogens with one attached hydrogen (secondary N) is 1. The molecule has 1 aliphatic carbocycles. The Balaban J connectivity index is 1.50. The zero-order valence-corrected chi connectivity index (χ0v) is 16.8. The average Bonchev–Trinajstić information content (AvgIpc) is 3.33. The molecule has 3 atom stereocenters. The first kappa shape index (κ1) is 20.0. The number of hydrogen-bond donors (Lipinski definition) is 1. The minimum atomic E-state index is -3.31. The van der Waals surface area contributed by atoms with E-state index in [2.05, 4.69) is 4.72 Å². The lowest BCUT2D eigenvalue weighted by Crippen LogP contribution is -2.38. The standard InChI is InChI=1S/C21H22F2N2O3S/c1-29(27,28)24-14-8-9-25(12-14)21(26)19-11-17(19)15-4-2-3-5-16(15)18-10-13(22)6-7-20(18)23/h2-7,10,14,17,19,24H,8-9,11-12H2,1H3/t14-,17+,19-/m1/s1. The molecule has 1 aliphatic heterocycles. The minimum absolute atomic E-state index is 0.0117. The third-order valence-electron chi connectivity index (χ3n) is 5.57. The predicted octanol–water partition coefficient (Wildman–Crippen LogP) is 2.89. The summed E-state index contributed by atoms with van der Waals surface area (Å²) >= 11 is 0. The van der Waals surface area contributed by atoms with Gasteiger partial charge in [-0.25, -0.2) is 21.9 Å². The summed E-state index contributed by atoms with van der Waals surface area (Å²) in [5.74, 6) is -1.30. The molecule has 1 heterocycles. The topological polar surface area (TPSA) is 66.5 Å². The molecule has 2 aromatic carbocycles. The van der Waals surface area contributed by atoms with Crippen LogP contribution in [0.15, 0.2) is 42.5 Å². The van der Waals surface area contributed by atoms with E-state index in [0.717, 1.165) is 24.0 Å². The Hall–Kier alpha value is -2.32. The van der Waals surface area contributed by atoms with Crippen molar-refractivity contribution < 1.29 is 22.0 Å². The van der Waals surface area contributed by atoms with Crippen LogP contribution in [-0.2, 0) is 14.8 Å². The first-order valence-electron chi connectivity index (χ1n) is 9.53. The van der Waals surface area contributed by atoms with Gasteiger partial charge in [-0.2, -0.15) is 0 Å². The molecule has 29 heavy (non-hydrogen) atoms. The first-order chi connectivity index (χ1) is 13.7. The summed E-state index contributed by atoms with van der Waals surface area (Å²) in [7, 11) is -3.31. The Bertz CT molecular complexity index is 1060. The van der Waals surface area contributed by atoms with Crippen LogP contribution in [0.2, 0.25) is 0 Å². The highest BCUT2D eigenvalue weighted by molar-refractivity contribution is 7.88. The van der Waals surface area contributed by atoms with Gasteiger partial charge in [0.2, 0.25) is 15.9 Å². The Labute approximate surface area is 168 Å². The molecule has 0 unspecified atom stereocenters. The van der Waals surface area contributed by atoms with Crippen LogP contribution in [0.1, 0.15) is 24.3 Å². The summed E-state index contributed by atoms with van der Waals surface area (Å²) in [6.45, 7) is 0.866. The predicted molar refractivity (Wildman–Crippen MR) is 106 cm³/mol. The highest BCUT2D eigenvalue weighted by Crippen LogP contribution is 2.51. The second-order valence-electron chi connectivity index (χ2n) is 7.82. The number of benzene rings is 2. The average molecular weight is 420 g/mol. The molecule has 5 nitrogen and oxygen atoms in total. The molecular formula is C21H22F2N2O3S. The van der Waals surface area contributed by atoms with Crippen molar-refractivity contribution in [2.24, 2.45) is 5.92 Å². The van der Waals surface area contributed by atoms with Crippen molar-refractivity contribution in [1.82, 2.24) is 9.62 Å². The maximum absolute atomic E-state index is 14.3. The molecule has 154 valence electrons. The summed E-state index contributed by atoms with van der Waals surface area (Å²) in [6, 6.07) is 10.3. The van der Waals surface area contributed by atoms with Gasteiger partial charge in [0.05, 0.1) is 6.26 Å². The fourth-order valence-corrected chi connectivity index (χ4v) is 4.97. The van der Waals surface area contributed by atoms with E-state index in [0.29, 0.717) is 31.5 Å². The molecule has 1 amide bonds. The molecule has 4 rings (SSSR count). The second kappa shape index (κ2) is 7.50. The van der Waals surface area contributed by atoms with Crippen LogP contribution in [0.25, 0.3) is 11.1 Å². The van der Waals surface area contributed by atoms with Crippen molar-refractivity contribution in [3.8, 4) is 11.1 Å². The van der Waals surface area contributed by atoms with Crippen molar-refractivity contribution >= 4 is 15.9 Å². The van der Waals surface area contributed by atoms with Gasteiger partial charge in [-0.3, -0.25) is 4.79 Å². The number of halogens is 2. The number of carbonyl (C=O) groups excluding carboxylic acids is 1. The van der Waals surface area contributed by atoms with E-state index >= 15 is 0 Å². The quantitative estimate of drug-likeness (QED) is 0.809. The normalized spacial score (nSPS) is 24.0. The number of hydrogen-bond acceptors (Lipinski definition) is 3. The van der Waals surface area contributed by atoms with Gasteiger partial charge in [0.15, 0.2) is 0 Å². The van der Waals surface area contributed by atoms with Crippen molar-refractivity contribution in [1.29, 1.82) is 0 Å². The molecule has 2 aliphatic rings. The number of carbonyl (C=O) groups is 1. The van der Waals surface area contributed by atoms with Gasteiger partial charge in [-0.15, -0.1) is 0 Å². The summed E-state index contributed by atoms with van der Waals surface area (Å²) < 4.78 is 53.3. The zero-order chi connectivity index (χ0) is 20.8. The Kier molecular flexibility index (Phi) is 5.16. The summed E-state index contributed by atoms with van der Waals surface area (Å²) in [6.07, 6.45) is 2.34. The molecule has 0 spiro atoms. The Morgan fingerprint density at radius 2 is 1.90 bits per heavy atom. The highest BCUT2D eigenvalue weighted by Gasteiger charge is 2.47. The molecule has 0 aromatic heterocycles. The molecule has 8 heteroatoms. The third-order valence-corrected chi connectivity index (χ3v) is 6.33. The summed E-state index contributed by atoms with van der Waals surface area (Å²) in [5.41, 5.74) is 1.63. The lowest BCUT2D eigenvalue weighted by Gasteiger charge is -2.17. The van der Waals surface area contributed by atoms with Crippen LogP contribution in [0.5, 0.6) is 0 Å². The van der Waals surface area contributed by atoms with Crippen molar-refractivity contribution in [3.05, 3.63) is 59.7 Å². The monoisotopic (exact) mass is 420 g/mol. The van der Waals surface area contributed by atoms with E-state index in [4.69, 9.17) is 0 Å². The number of likely N-dealkylation sites (tertiary alicyclic amines) is 1. The van der Waals surface area contributed by atoms with E-state index in [9.17, 15) is 22.0 Å². The molecule has 1 saturated heterocycles. The molecule has 0 bridgehead atoms. The van der Waals surface area contributed by atoms with E-state index in [1.54, 1.807) is 17.0 Å². The number of amides is 1. The molecule has 0 radical (unpaired) electrons. The second-order valence-corrected chi connectivity index (χ2v) is 9.60. The lowest BCUT2D eigenvalue weighted by atomic mass is 9.95. The van der Waals surface area contributed by atoms with E-state index in [1.807, 2.05) is 12.1 Å². The van der Waals surface area contributed by atoms with Crippen LogP contribution in [0, 0.1) is 17.6 Å². The van der Waals surface area contributed by atoms with Crippen LogP contribution in [-0.4, -0.2) is 44.6 Å². The van der Waals surface area contributed by atoms with Gasteiger partial charge in [0.25, 0.3) is 0 Å². The lowest BCUT2D eigenvalue weighted by molar-refractivity contribution is -0.131. The smallest absolute Gasteiger partial charge is 0.226 e. The van der Waals surface area contributed by atoms with Crippen LogP contribution < -0.4 is 4.72 Å². The molecular weight excluding hydrogens is 398 g/mol. The maximum Gasteiger partial charge on any atom is 0.226 e. The molecule has 1 saturated carbocycles. The van der Waals surface area contributed by atoms with Gasteiger partial charge in [0.1, 0.15) is 11.6 Å². The zero-order valence-electron chi connectivity index (χ0n) is 15.9. The van der Waals surface area contributed by atoms with E-state index in [1.165, 1.54) is 6.07 Å². The van der Waals surface area contributed by atoms with Crippen molar-refractivity contribution in [2.45, 2.75) is 24.8 Å². The number of sulfonamides is 1. The van der Waals surface area contributed by atoms with Crippen LogP contribution >= 0.6 is 0 Å². The van der Waals surface area contributed by atoms with E-state index in [-0.39, 0.29) is 29.3 Å². The molecule has 1 N–H and O–H groups in total. The summed E-state index contributed by atoms with van der Waals surface area (Å²) in [4.78, 5) is 14.6. The third kappa shape index (κ3) is 4.33. The summed E-state index contributed by atoms with van der Waals surface area (Å²) in [5, 5.41) is 0. The van der Waals surface area contributed by atoms with E-state index < -0.39 is 21.7 Å². The van der Waals surface area contributed by atoms with Crippen LogP contribution in [0.3, 0.4) is 0 Å². The Morgan fingerprint density at radius 3 is 2.66 bits per heavy atom. The number of rotatable bonds is 5. The van der Waals surface area contributed by atoms with Crippen molar-refractivity contribution in [3.63, 3.8) is 0 Å². The first-order valence-corrected chi connectivity index (χ1v) is 11.4. The van der Waals surface area contributed by atoms with Crippen molar-refractivity contribution in [2.75, 3.05) is 19.3 Å². The maximum atomic E-state index is 14.3. The molecule has 2 fully saturated rings. The van der Waals surface area contributed by atoms with Gasteiger partial charge < -0.3 is 4.90 Å². The fourth-order valence-electron chi connectivity index (χ4n) is 4.18.